The van der Waals surface area contributed by atoms with Gasteiger partial charge in [0.15, 0.2) is 9.84 Å². The van der Waals surface area contributed by atoms with Crippen LogP contribution >= 0.6 is 0 Å². The molecular weight excluding hydrogens is 394 g/mol. The van der Waals surface area contributed by atoms with E-state index in [4.69, 9.17) is 10.1 Å². The van der Waals surface area contributed by atoms with E-state index >= 15 is 0 Å². The van der Waals surface area contributed by atoms with Crippen LogP contribution in [0.1, 0.15) is 37.0 Å². The molecule has 0 atom stereocenters. The van der Waals surface area contributed by atoms with Crippen LogP contribution in [0.15, 0.2) is 59.6 Å². The van der Waals surface area contributed by atoms with Gasteiger partial charge in [0.05, 0.1) is 22.9 Å². The van der Waals surface area contributed by atoms with E-state index in [9.17, 15) is 8.42 Å². The Bertz CT molecular complexity index is 1120. The van der Waals surface area contributed by atoms with Gasteiger partial charge in [0.25, 0.3) is 0 Å². The van der Waals surface area contributed by atoms with Gasteiger partial charge >= 0.3 is 0 Å². The van der Waals surface area contributed by atoms with Crippen molar-refractivity contribution in [3.63, 3.8) is 0 Å². The predicted octanol–water partition coefficient (Wildman–Crippen LogP) is 5.00. The minimum Gasteiger partial charge on any atom is -0.395 e. The van der Waals surface area contributed by atoms with Crippen LogP contribution in [0, 0.1) is 6.92 Å². The second-order valence-electron chi connectivity index (χ2n) is 7.47. The third kappa shape index (κ3) is 4.47. The van der Waals surface area contributed by atoms with Crippen molar-refractivity contribution in [3.8, 4) is 22.4 Å². The average molecular weight is 424 g/mol. The molecule has 0 fully saturated rings. The fourth-order valence-electron chi connectivity index (χ4n) is 3.93. The quantitative estimate of drug-likeness (QED) is 0.553. The lowest BCUT2D eigenvalue weighted by molar-refractivity contribution is 0.319. The highest BCUT2D eigenvalue weighted by molar-refractivity contribution is 7.91. The summed E-state index contributed by atoms with van der Waals surface area (Å²) in [5, 5.41) is 9.01. The van der Waals surface area contributed by atoms with Crippen molar-refractivity contribution >= 4 is 9.84 Å². The second kappa shape index (κ2) is 9.54. The van der Waals surface area contributed by atoms with Crippen LogP contribution in [0.3, 0.4) is 0 Å². The van der Waals surface area contributed by atoms with Crippen LogP contribution in [0.2, 0.25) is 0 Å². The molecule has 0 unspecified atom stereocenters. The predicted molar refractivity (Wildman–Crippen MR) is 122 cm³/mol. The highest BCUT2D eigenvalue weighted by Crippen LogP contribution is 2.37. The van der Waals surface area contributed by atoms with Gasteiger partial charge < -0.3 is 5.11 Å². The standard InChI is InChI=1S/C25H29NO3S/c1-4-7-20-11-14-23(19-9-12-21(13-10-19)30(28,29)17-16-27)22(5-2)24(20)25-18(3)8-6-15-26-25/h6,8-15,27H,4-5,7,16-17H2,1-3H3. The molecule has 0 bridgehead atoms. The second-order valence-corrected chi connectivity index (χ2v) is 9.57. The smallest absolute Gasteiger partial charge is 0.180 e. The zero-order chi connectivity index (χ0) is 21.7. The molecule has 4 nitrogen and oxygen atoms in total. The van der Waals surface area contributed by atoms with E-state index in [1.807, 2.05) is 24.4 Å². The van der Waals surface area contributed by atoms with Gasteiger partial charge in [0.2, 0.25) is 0 Å². The number of benzene rings is 2. The number of rotatable bonds is 8. The molecule has 0 aliphatic rings. The maximum absolute atomic E-state index is 12.2. The number of sulfone groups is 1. The number of hydrogen-bond acceptors (Lipinski definition) is 4. The van der Waals surface area contributed by atoms with Gasteiger partial charge in [-0.2, -0.15) is 0 Å². The van der Waals surface area contributed by atoms with Gasteiger partial charge in [0.1, 0.15) is 0 Å². The van der Waals surface area contributed by atoms with Crippen LogP contribution in [0.5, 0.6) is 0 Å². The van der Waals surface area contributed by atoms with E-state index in [0.717, 1.165) is 41.6 Å². The highest BCUT2D eigenvalue weighted by atomic mass is 32.2. The highest BCUT2D eigenvalue weighted by Gasteiger charge is 2.18. The Kier molecular flexibility index (Phi) is 7.06. The van der Waals surface area contributed by atoms with Gasteiger partial charge in [-0.3, -0.25) is 4.98 Å². The maximum Gasteiger partial charge on any atom is 0.180 e. The average Bonchev–Trinajstić information content (AvgIpc) is 2.74. The number of hydrogen-bond donors (Lipinski definition) is 1. The molecule has 2 aromatic carbocycles. The fourth-order valence-corrected chi connectivity index (χ4v) is 4.96. The van der Waals surface area contributed by atoms with E-state index in [2.05, 4.69) is 39.0 Å². The summed E-state index contributed by atoms with van der Waals surface area (Å²) in [6.07, 6.45) is 4.73. The molecule has 0 spiro atoms. The summed E-state index contributed by atoms with van der Waals surface area (Å²) in [6, 6.07) is 15.3. The molecular formula is C25H29NO3S. The van der Waals surface area contributed by atoms with Crippen LogP contribution < -0.4 is 0 Å². The Morgan fingerprint density at radius 1 is 1.00 bits per heavy atom. The van der Waals surface area contributed by atoms with Crippen molar-refractivity contribution in [2.45, 2.75) is 44.9 Å². The third-order valence-corrected chi connectivity index (χ3v) is 7.11. The number of pyridine rings is 1. The lowest BCUT2D eigenvalue weighted by Gasteiger charge is -2.19. The van der Waals surface area contributed by atoms with Crippen molar-refractivity contribution in [1.82, 2.24) is 4.98 Å². The topological polar surface area (TPSA) is 67.3 Å². The molecule has 3 rings (SSSR count). The lowest BCUT2D eigenvalue weighted by Crippen LogP contribution is -2.09. The summed E-state index contributed by atoms with van der Waals surface area (Å²) >= 11 is 0. The molecule has 0 amide bonds. The van der Waals surface area contributed by atoms with E-state index in [1.165, 1.54) is 16.7 Å². The zero-order valence-electron chi connectivity index (χ0n) is 17.9. The SMILES string of the molecule is CCCc1ccc(-c2ccc(S(=O)(=O)CCO)cc2)c(CC)c1-c1ncccc1C. The molecule has 0 aliphatic carbocycles. The van der Waals surface area contributed by atoms with Gasteiger partial charge in [-0.1, -0.05) is 50.6 Å². The van der Waals surface area contributed by atoms with Gasteiger partial charge in [-0.25, -0.2) is 8.42 Å². The molecule has 0 aliphatic heterocycles. The third-order valence-electron chi connectivity index (χ3n) is 5.40. The van der Waals surface area contributed by atoms with Crippen molar-refractivity contribution in [3.05, 3.63) is 71.4 Å². The van der Waals surface area contributed by atoms with E-state index < -0.39 is 9.84 Å². The summed E-state index contributed by atoms with van der Waals surface area (Å²) in [4.78, 5) is 4.94. The van der Waals surface area contributed by atoms with Gasteiger partial charge in [-0.05, 0) is 65.8 Å². The maximum atomic E-state index is 12.2. The van der Waals surface area contributed by atoms with Crippen LogP contribution in [0.25, 0.3) is 22.4 Å². The largest absolute Gasteiger partial charge is 0.395 e. The molecule has 1 N–H and O–H groups in total. The monoisotopic (exact) mass is 423 g/mol. The van der Waals surface area contributed by atoms with Crippen LogP contribution in [0.4, 0.5) is 0 Å². The minimum absolute atomic E-state index is 0.238. The number of aliphatic hydroxyl groups is 1. The zero-order valence-corrected chi connectivity index (χ0v) is 18.7. The first-order valence-electron chi connectivity index (χ1n) is 10.4. The number of aromatic nitrogens is 1. The number of nitrogens with zero attached hydrogens (tertiary/aromatic N) is 1. The molecule has 0 saturated heterocycles. The Labute approximate surface area is 179 Å². The first kappa shape index (κ1) is 22.2. The van der Waals surface area contributed by atoms with Crippen molar-refractivity contribution in [1.29, 1.82) is 0 Å². The van der Waals surface area contributed by atoms with Crippen LogP contribution in [-0.4, -0.2) is 30.9 Å². The number of aliphatic hydroxyl groups excluding tert-OH is 1. The van der Waals surface area contributed by atoms with Crippen molar-refractivity contribution in [2.75, 3.05) is 12.4 Å². The summed E-state index contributed by atoms with van der Waals surface area (Å²) in [5.74, 6) is -0.263. The van der Waals surface area contributed by atoms with Crippen molar-refractivity contribution < 1.29 is 13.5 Å². The molecule has 3 aromatic rings. The van der Waals surface area contributed by atoms with Crippen LogP contribution in [-0.2, 0) is 22.7 Å². The minimum atomic E-state index is -3.46. The fraction of sp³-hybridized carbons (Fsp3) is 0.320. The normalized spacial score (nSPS) is 11.6. The Morgan fingerprint density at radius 3 is 2.33 bits per heavy atom. The summed E-state index contributed by atoms with van der Waals surface area (Å²) in [7, 11) is -3.46. The Morgan fingerprint density at radius 2 is 1.73 bits per heavy atom. The number of aryl methyl sites for hydroxylation is 2. The molecule has 0 radical (unpaired) electrons. The Balaban J connectivity index is 2.17. The molecule has 0 saturated carbocycles. The first-order chi connectivity index (χ1) is 14.4. The van der Waals surface area contributed by atoms with E-state index in [1.54, 1.807) is 12.1 Å². The molecule has 5 heteroatoms. The first-order valence-corrected chi connectivity index (χ1v) is 12.1. The van der Waals surface area contributed by atoms with Gasteiger partial charge in [0, 0.05) is 11.8 Å². The molecule has 1 heterocycles. The lowest BCUT2D eigenvalue weighted by atomic mass is 9.86. The summed E-state index contributed by atoms with van der Waals surface area (Å²) in [6.45, 7) is 6.04. The van der Waals surface area contributed by atoms with E-state index in [-0.39, 0.29) is 17.3 Å². The summed E-state index contributed by atoms with van der Waals surface area (Å²) < 4.78 is 24.5. The van der Waals surface area contributed by atoms with Crippen molar-refractivity contribution in [2.24, 2.45) is 0 Å². The molecule has 1 aromatic heterocycles. The van der Waals surface area contributed by atoms with E-state index in [0.29, 0.717) is 0 Å². The summed E-state index contributed by atoms with van der Waals surface area (Å²) in [5.41, 5.74) is 7.97. The molecule has 30 heavy (non-hydrogen) atoms. The van der Waals surface area contributed by atoms with Gasteiger partial charge in [-0.15, -0.1) is 0 Å². The Hall–Kier alpha value is -2.50. The molecule has 158 valence electrons.